The smallest absolute Gasteiger partial charge is 0.325 e. The van der Waals surface area contributed by atoms with E-state index in [0.717, 1.165) is 25.9 Å². The van der Waals surface area contributed by atoms with Crippen LogP contribution < -0.4 is 10.6 Å². The molecule has 1 heterocycles. The van der Waals surface area contributed by atoms with Gasteiger partial charge in [0.05, 0.1) is 0 Å². The van der Waals surface area contributed by atoms with E-state index in [4.69, 9.17) is 5.11 Å². The van der Waals surface area contributed by atoms with E-state index in [0.29, 0.717) is 18.3 Å². The Balaban J connectivity index is 2.31. The number of carboxylic acid groups (broad SMARTS) is 1. The zero-order valence-electron chi connectivity index (χ0n) is 10.5. The van der Waals surface area contributed by atoms with E-state index in [1.54, 1.807) is 0 Å². The monoisotopic (exact) mass is 242 g/mol. The van der Waals surface area contributed by atoms with Gasteiger partial charge in [0, 0.05) is 6.42 Å². The number of carbonyl (C=O) groups is 2. The molecule has 1 fully saturated rings. The van der Waals surface area contributed by atoms with E-state index < -0.39 is 12.0 Å². The standard InChI is InChI=1S/C12H22N2O3/c1-8(10-4-3-5-13-7-10)6-11(15)14-9(2)12(16)17/h8-10,13H,3-7H2,1-2H3,(H,14,15)(H,16,17). The second-order valence-electron chi connectivity index (χ2n) is 4.92. The van der Waals surface area contributed by atoms with Crippen LogP contribution in [0.4, 0.5) is 0 Å². The maximum atomic E-state index is 11.6. The lowest BCUT2D eigenvalue weighted by atomic mass is 9.85. The van der Waals surface area contributed by atoms with Crippen LogP contribution in [0.1, 0.15) is 33.1 Å². The summed E-state index contributed by atoms with van der Waals surface area (Å²) in [4.78, 5) is 22.2. The highest BCUT2D eigenvalue weighted by atomic mass is 16.4. The molecular weight excluding hydrogens is 220 g/mol. The summed E-state index contributed by atoms with van der Waals surface area (Å²) in [5.41, 5.74) is 0. The van der Waals surface area contributed by atoms with Gasteiger partial charge in [-0.15, -0.1) is 0 Å². The van der Waals surface area contributed by atoms with Crippen LogP contribution in [0, 0.1) is 11.8 Å². The molecule has 0 aromatic carbocycles. The Morgan fingerprint density at radius 3 is 2.71 bits per heavy atom. The number of rotatable bonds is 5. The molecule has 0 aliphatic carbocycles. The van der Waals surface area contributed by atoms with Gasteiger partial charge in [-0.25, -0.2) is 0 Å². The number of aliphatic carboxylic acids is 1. The first kappa shape index (κ1) is 14.0. The van der Waals surface area contributed by atoms with E-state index in [2.05, 4.69) is 17.6 Å². The van der Waals surface area contributed by atoms with Gasteiger partial charge >= 0.3 is 5.97 Å². The Kier molecular flexibility index (Phi) is 5.41. The Bertz CT molecular complexity index is 275. The third kappa shape index (κ3) is 4.73. The average molecular weight is 242 g/mol. The molecule has 98 valence electrons. The van der Waals surface area contributed by atoms with Crippen LogP contribution in [0.15, 0.2) is 0 Å². The highest BCUT2D eigenvalue weighted by molar-refractivity contribution is 5.83. The number of hydrogen-bond donors (Lipinski definition) is 3. The quantitative estimate of drug-likeness (QED) is 0.659. The number of piperidine rings is 1. The molecule has 3 N–H and O–H groups in total. The molecule has 0 bridgehead atoms. The van der Waals surface area contributed by atoms with Crippen molar-refractivity contribution >= 4 is 11.9 Å². The van der Waals surface area contributed by atoms with Crippen LogP contribution >= 0.6 is 0 Å². The molecule has 0 saturated carbocycles. The van der Waals surface area contributed by atoms with Gasteiger partial charge < -0.3 is 15.7 Å². The third-order valence-electron chi connectivity index (χ3n) is 3.40. The predicted molar refractivity (Wildman–Crippen MR) is 64.6 cm³/mol. The van der Waals surface area contributed by atoms with Crippen LogP contribution in [-0.2, 0) is 9.59 Å². The zero-order valence-corrected chi connectivity index (χ0v) is 10.5. The van der Waals surface area contributed by atoms with Crippen molar-refractivity contribution in [3.8, 4) is 0 Å². The molecule has 0 aromatic heterocycles. The largest absolute Gasteiger partial charge is 0.480 e. The van der Waals surface area contributed by atoms with Crippen LogP contribution in [-0.4, -0.2) is 36.1 Å². The summed E-state index contributed by atoms with van der Waals surface area (Å²) in [6, 6.07) is -0.806. The Morgan fingerprint density at radius 2 is 2.18 bits per heavy atom. The fraction of sp³-hybridized carbons (Fsp3) is 0.833. The molecule has 0 aromatic rings. The number of carboxylic acids is 1. The second-order valence-corrected chi connectivity index (χ2v) is 4.92. The van der Waals surface area contributed by atoms with Gasteiger partial charge in [0.1, 0.15) is 6.04 Å². The van der Waals surface area contributed by atoms with E-state index in [-0.39, 0.29) is 5.91 Å². The minimum atomic E-state index is -0.995. The van der Waals surface area contributed by atoms with E-state index in [9.17, 15) is 9.59 Å². The van der Waals surface area contributed by atoms with Crippen molar-refractivity contribution < 1.29 is 14.7 Å². The van der Waals surface area contributed by atoms with E-state index in [1.165, 1.54) is 6.92 Å². The summed E-state index contributed by atoms with van der Waals surface area (Å²) in [7, 11) is 0. The highest BCUT2D eigenvalue weighted by Gasteiger charge is 2.23. The number of amides is 1. The molecule has 1 saturated heterocycles. The fourth-order valence-electron chi connectivity index (χ4n) is 2.19. The van der Waals surface area contributed by atoms with Crippen molar-refractivity contribution in [1.29, 1.82) is 0 Å². The van der Waals surface area contributed by atoms with Crippen LogP contribution in [0.5, 0.6) is 0 Å². The molecule has 1 amide bonds. The highest BCUT2D eigenvalue weighted by Crippen LogP contribution is 2.22. The number of hydrogen-bond acceptors (Lipinski definition) is 3. The topological polar surface area (TPSA) is 78.4 Å². The van der Waals surface area contributed by atoms with Gasteiger partial charge in [0.15, 0.2) is 0 Å². The van der Waals surface area contributed by atoms with E-state index >= 15 is 0 Å². The van der Waals surface area contributed by atoms with Crippen LogP contribution in [0.3, 0.4) is 0 Å². The first-order valence-corrected chi connectivity index (χ1v) is 6.23. The number of nitrogens with one attached hydrogen (secondary N) is 2. The Labute approximate surface area is 102 Å². The average Bonchev–Trinajstić information content (AvgIpc) is 2.29. The maximum Gasteiger partial charge on any atom is 0.325 e. The zero-order chi connectivity index (χ0) is 12.8. The van der Waals surface area contributed by atoms with Crippen molar-refractivity contribution in [2.24, 2.45) is 11.8 Å². The van der Waals surface area contributed by atoms with Crippen molar-refractivity contribution in [3.63, 3.8) is 0 Å². The molecule has 3 unspecified atom stereocenters. The van der Waals surface area contributed by atoms with Crippen molar-refractivity contribution in [2.75, 3.05) is 13.1 Å². The summed E-state index contributed by atoms with van der Waals surface area (Å²) in [5, 5.41) is 14.5. The predicted octanol–water partition coefficient (Wildman–Crippen LogP) is 0.602. The lowest BCUT2D eigenvalue weighted by molar-refractivity contribution is -0.141. The summed E-state index contributed by atoms with van der Waals surface area (Å²) in [6.07, 6.45) is 2.71. The maximum absolute atomic E-state index is 11.6. The lowest BCUT2D eigenvalue weighted by Crippen LogP contribution is -2.40. The van der Waals surface area contributed by atoms with Crippen molar-refractivity contribution in [1.82, 2.24) is 10.6 Å². The molecule has 1 rings (SSSR count). The Hall–Kier alpha value is -1.10. The lowest BCUT2D eigenvalue weighted by Gasteiger charge is -2.28. The molecule has 3 atom stereocenters. The van der Waals surface area contributed by atoms with Crippen LogP contribution in [0.25, 0.3) is 0 Å². The summed E-state index contributed by atoms with van der Waals surface area (Å²) in [5.74, 6) is -0.346. The van der Waals surface area contributed by atoms with Gasteiger partial charge in [-0.05, 0) is 44.7 Å². The fourth-order valence-corrected chi connectivity index (χ4v) is 2.19. The molecule has 1 aliphatic heterocycles. The van der Waals surface area contributed by atoms with Gasteiger partial charge in [0.25, 0.3) is 0 Å². The first-order chi connectivity index (χ1) is 8.00. The van der Waals surface area contributed by atoms with Crippen LogP contribution in [0.2, 0.25) is 0 Å². The molecule has 5 heteroatoms. The van der Waals surface area contributed by atoms with E-state index in [1.807, 2.05) is 0 Å². The second kappa shape index (κ2) is 6.59. The molecule has 17 heavy (non-hydrogen) atoms. The van der Waals surface area contributed by atoms with Gasteiger partial charge in [-0.1, -0.05) is 6.92 Å². The summed E-state index contributed by atoms with van der Waals surface area (Å²) in [6.45, 7) is 5.56. The van der Waals surface area contributed by atoms with Crippen molar-refractivity contribution in [3.05, 3.63) is 0 Å². The summed E-state index contributed by atoms with van der Waals surface area (Å²) >= 11 is 0. The van der Waals surface area contributed by atoms with Gasteiger partial charge in [-0.3, -0.25) is 9.59 Å². The normalized spacial score (nSPS) is 23.8. The molecule has 0 spiro atoms. The SMILES string of the molecule is CC(NC(=O)CC(C)C1CCCNC1)C(=O)O. The minimum Gasteiger partial charge on any atom is -0.480 e. The van der Waals surface area contributed by atoms with Crippen molar-refractivity contribution in [2.45, 2.75) is 39.2 Å². The number of carbonyl (C=O) groups excluding carboxylic acids is 1. The summed E-state index contributed by atoms with van der Waals surface area (Å²) < 4.78 is 0. The van der Waals surface area contributed by atoms with Gasteiger partial charge in [-0.2, -0.15) is 0 Å². The Morgan fingerprint density at radius 1 is 1.47 bits per heavy atom. The minimum absolute atomic E-state index is 0.169. The molecule has 0 radical (unpaired) electrons. The first-order valence-electron chi connectivity index (χ1n) is 6.23. The van der Waals surface area contributed by atoms with Gasteiger partial charge in [0.2, 0.25) is 5.91 Å². The molecule has 5 nitrogen and oxygen atoms in total. The molecule has 1 aliphatic rings. The molecular formula is C12H22N2O3. The third-order valence-corrected chi connectivity index (χ3v) is 3.40.